The molecule has 2 nitrogen and oxygen atoms in total. The first kappa shape index (κ1) is 9.21. The van der Waals surface area contributed by atoms with E-state index in [1.54, 1.807) is 24.3 Å². The molecule has 0 unspecified atom stereocenters. The van der Waals surface area contributed by atoms with E-state index in [1.165, 1.54) is 0 Å². The molecule has 0 aliphatic carbocycles. The third-order valence-corrected chi connectivity index (χ3v) is 2.98. The Morgan fingerprint density at radius 2 is 2.00 bits per heavy atom. The topological polar surface area (TPSA) is 37.3 Å². The van der Waals surface area contributed by atoms with Crippen LogP contribution >= 0.6 is 15.9 Å². The van der Waals surface area contributed by atoms with E-state index in [2.05, 4.69) is 15.9 Å². The molecule has 14 heavy (non-hydrogen) atoms. The van der Waals surface area contributed by atoms with Crippen molar-refractivity contribution in [2.75, 3.05) is 0 Å². The average Bonchev–Trinajstić information content (AvgIpc) is 2.18. The van der Waals surface area contributed by atoms with Crippen LogP contribution in [0.15, 0.2) is 34.8 Å². The van der Waals surface area contributed by atoms with Gasteiger partial charge in [-0.15, -0.1) is 0 Å². The van der Waals surface area contributed by atoms with Crippen molar-refractivity contribution in [3.05, 3.63) is 40.4 Å². The molecule has 0 saturated heterocycles. The van der Waals surface area contributed by atoms with E-state index >= 15 is 0 Å². The predicted octanol–water partition coefficient (Wildman–Crippen LogP) is 3.12. The third kappa shape index (κ3) is 1.40. The van der Waals surface area contributed by atoms with Gasteiger partial charge in [0.15, 0.2) is 6.29 Å². The summed E-state index contributed by atoms with van der Waals surface area (Å²) in [5.74, 6) is 0.225. The van der Waals surface area contributed by atoms with Crippen LogP contribution in [-0.2, 0) is 0 Å². The minimum absolute atomic E-state index is 0.225. The Bertz CT molecular complexity index is 506. The highest BCUT2D eigenvalue weighted by molar-refractivity contribution is 9.10. The molecule has 0 amide bonds. The van der Waals surface area contributed by atoms with Crippen LogP contribution in [0.25, 0.3) is 10.8 Å². The Hall–Kier alpha value is -1.35. The Balaban J connectivity index is 2.83. The Labute approximate surface area is 89.3 Å². The van der Waals surface area contributed by atoms with Crippen molar-refractivity contribution in [2.24, 2.45) is 0 Å². The van der Waals surface area contributed by atoms with Crippen molar-refractivity contribution < 1.29 is 9.90 Å². The van der Waals surface area contributed by atoms with Crippen LogP contribution in [-0.4, -0.2) is 11.4 Å². The summed E-state index contributed by atoms with van der Waals surface area (Å²) in [5.41, 5.74) is 0.614. The molecule has 70 valence electrons. The quantitative estimate of drug-likeness (QED) is 0.790. The number of phenolic OH excluding ortho intramolecular Hbond substituents is 1. The molecule has 0 fully saturated rings. The van der Waals surface area contributed by atoms with E-state index in [-0.39, 0.29) is 5.75 Å². The summed E-state index contributed by atoms with van der Waals surface area (Å²) in [6.07, 6.45) is 0.802. The molecule has 0 spiro atoms. The molecule has 0 saturated carbocycles. The molecule has 1 N–H and O–H groups in total. The number of aldehydes is 1. The fraction of sp³-hybridized carbons (Fsp3) is 0. The monoisotopic (exact) mass is 250 g/mol. The zero-order valence-corrected chi connectivity index (χ0v) is 8.78. The molecule has 0 bridgehead atoms. The first-order valence-corrected chi connectivity index (χ1v) is 4.88. The number of fused-ring (bicyclic) bond motifs is 1. The maximum absolute atomic E-state index is 10.7. The van der Waals surface area contributed by atoms with Gasteiger partial charge >= 0.3 is 0 Å². The summed E-state index contributed by atoms with van der Waals surface area (Å²) in [6, 6.07) is 8.57. The van der Waals surface area contributed by atoms with Crippen molar-refractivity contribution in [3.63, 3.8) is 0 Å². The Morgan fingerprint density at radius 3 is 2.71 bits per heavy atom. The van der Waals surface area contributed by atoms with E-state index < -0.39 is 0 Å². The second kappa shape index (κ2) is 3.42. The van der Waals surface area contributed by atoms with Gasteiger partial charge in [-0.2, -0.15) is 0 Å². The van der Waals surface area contributed by atoms with Gasteiger partial charge in [0.2, 0.25) is 0 Å². The highest BCUT2D eigenvalue weighted by Crippen LogP contribution is 2.29. The molecule has 0 radical (unpaired) electrons. The smallest absolute Gasteiger partial charge is 0.151 e. The fourth-order valence-corrected chi connectivity index (χ4v) is 1.97. The molecule has 0 atom stereocenters. The largest absolute Gasteiger partial charge is 0.508 e. The number of benzene rings is 2. The van der Waals surface area contributed by atoms with Crippen LogP contribution in [0.4, 0.5) is 0 Å². The van der Waals surface area contributed by atoms with Gasteiger partial charge in [-0.1, -0.05) is 6.07 Å². The zero-order chi connectivity index (χ0) is 10.1. The predicted molar refractivity (Wildman–Crippen MR) is 58.7 cm³/mol. The maximum atomic E-state index is 10.7. The summed E-state index contributed by atoms with van der Waals surface area (Å²) in [6.45, 7) is 0. The van der Waals surface area contributed by atoms with Gasteiger partial charge in [-0.25, -0.2) is 0 Å². The van der Waals surface area contributed by atoms with Crippen LogP contribution in [0.5, 0.6) is 5.75 Å². The van der Waals surface area contributed by atoms with Crippen LogP contribution in [0.2, 0.25) is 0 Å². The number of phenols is 1. The van der Waals surface area contributed by atoms with Gasteiger partial charge in [-0.05, 0) is 51.0 Å². The second-order valence-electron chi connectivity index (χ2n) is 2.99. The summed E-state index contributed by atoms with van der Waals surface area (Å²) in [4.78, 5) is 10.7. The molecule has 0 aliphatic heterocycles. The van der Waals surface area contributed by atoms with E-state index in [1.807, 2.05) is 6.07 Å². The van der Waals surface area contributed by atoms with E-state index in [4.69, 9.17) is 0 Å². The van der Waals surface area contributed by atoms with Crippen LogP contribution in [0.1, 0.15) is 10.4 Å². The minimum atomic E-state index is 0.225. The zero-order valence-electron chi connectivity index (χ0n) is 7.20. The number of aromatic hydroxyl groups is 1. The Morgan fingerprint density at radius 1 is 1.21 bits per heavy atom. The molecular formula is C11H7BrO2. The lowest BCUT2D eigenvalue weighted by atomic mass is 10.1. The number of rotatable bonds is 1. The third-order valence-electron chi connectivity index (χ3n) is 2.09. The van der Waals surface area contributed by atoms with Crippen molar-refractivity contribution in [1.82, 2.24) is 0 Å². The highest BCUT2D eigenvalue weighted by Gasteiger charge is 2.04. The summed E-state index contributed by atoms with van der Waals surface area (Å²) >= 11 is 3.35. The molecule has 2 aromatic rings. The van der Waals surface area contributed by atoms with Gasteiger partial charge in [0.1, 0.15) is 5.75 Å². The number of hydrogen-bond acceptors (Lipinski definition) is 2. The molecule has 3 heteroatoms. The number of carbonyl (C=O) groups excluding carboxylic acids is 1. The van der Waals surface area contributed by atoms with Gasteiger partial charge in [-0.3, -0.25) is 4.79 Å². The van der Waals surface area contributed by atoms with Gasteiger partial charge < -0.3 is 5.11 Å². The lowest BCUT2D eigenvalue weighted by molar-refractivity contribution is 0.112. The van der Waals surface area contributed by atoms with Gasteiger partial charge in [0.05, 0.1) is 0 Å². The first-order valence-electron chi connectivity index (χ1n) is 4.09. The molecule has 0 aromatic heterocycles. The average molecular weight is 251 g/mol. The molecule has 0 aliphatic rings. The van der Waals surface area contributed by atoms with Crippen LogP contribution < -0.4 is 0 Å². The number of carbonyl (C=O) groups is 1. The highest BCUT2D eigenvalue weighted by atomic mass is 79.9. The minimum Gasteiger partial charge on any atom is -0.508 e. The molecular weight excluding hydrogens is 244 g/mol. The molecule has 0 heterocycles. The fourth-order valence-electron chi connectivity index (χ4n) is 1.39. The van der Waals surface area contributed by atoms with Crippen LogP contribution in [0.3, 0.4) is 0 Å². The second-order valence-corrected chi connectivity index (χ2v) is 3.79. The van der Waals surface area contributed by atoms with Gasteiger partial charge in [0.25, 0.3) is 0 Å². The number of halogens is 1. The summed E-state index contributed by atoms with van der Waals surface area (Å²) in [7, 11) is 0. The van der Waals surface area contributed by atoms with Crippen molar-refractivity contribution >= 4 is 33.0 Å². The molecule has 2 aromatic carbocycles. The SMILES string of the molecule is O=Cc1ccc2cc(O)ccc2c1Br. The Kier molecular flexibility index (Phi) is 2.25. The lowest BCUT2D eigenvalue weighted by Gasteiger charge is -2.03. The molecule has 2 rings (SSSR count). The van der Waals surface area contributed by atoms with E-state index in [0.29, 0.717) is 5.56 Å². The van der Waals surface area contributed by atoms with Crippen molar-refractivity contribution in [1.29, 1.82) is 0 Å². The first-order chi connectivity index (χ1) is 6.72. The summed E-state index contributed by atoms with van der Waals surface area (Å²) in [5, 5.41) is 11.1. The van der Waals surface area contributed by atoms with Crippen molar-refractivity contribution in [3.8, 4) is 5.75 Å². The van der Waals surface area contributed by atoms with Gasteiger partial charge in [0, 0.05) is 10.0 Å². The van der Waals surface area contributed by atoms with Crippen LogP contribution in [0, 0.1) is 0 Å². The maximum Gasteiger partial charge on any atom is 0.151 e. The van der Waals surface area contributed by atoms with E-state index in [9.17, 15) is 9.90 Å². The normalized spacial score (nSPS) is 10.4. The van der Waals surface area contributed by atoms with E-state index in [0.717, 1.165) is 21.5 Å². The summed E-state index contributed by atoms with van der Waals surface area (Å²) < 4.78 is 0.769. The lowest BCUT2D eigenvalue weighted by Crippen LogP contribution is -1.83. The van der Waals surface area contributed by atoms with Crippen molar-refractivity contribution in [2.45, 2.75) is 0 Å². The number of hydrogen-bond donors (Lipinski definition) is 1. The standard InChI is InChI=1S/C11H7BrO2/c12-11-8(6-13)2-1-7-5-9(14)3-4-10(7)11/h1-6,14H.